The Morgan fingerprint density at radius 1 is 1.46 bits per heavy atom. The number of nitrogens with one attached hydrogen (secondary N) is 1. The number of oxazole rings is 1. The molecule has 0 aliphatic carbocycles. The van der Waals surface area contributed by atoms with Crippen LogP contribution in [0.2, 0.25) is 0 Å². The summed E-state index contributed by atoms with van der Waals surface area (Å²) in [6.07, 6.45) is 1.25. The SMILES string of the molecule is CC(C)(C)OC(=O)N[C@@H]1CCCN(c2nc3cc([N+](=O)[O-])ccc3o2)C1. The maximum Gasteiger partial charge on any atom is 0.407 e. The third-order valence-corrected chi connectivity index (χ3v) is 3.98. The normalized spacial score (nSPS) is 18.0. The number of benzene rings is 1. The predicted octanol–water partition coefficient (Wildman–Crippen LogP) is 3.23. The quantitative estimate of drug-likeness (QED) is 0.659. The fourth-order valence-electron chi connectivity index (χ4n) is 2.90. The first-order chi connectivity index (χ1) is 12.2. The maximum atomic E-state index is 12.0. The zero-order valence-electron chi connectivity index (χ0n) is 15.0. The van der Waals surface area contributed by atoms with Crippen LogP contribution in [0.15, 0.2) is 22.6 Å². The topological polar surface area (TPSA) is 111 Å². The number of nitrogens with zero attached hydrogens (tertiary/aromatic N) is 3. The molecule has 1 fully saturated rings. The molecular formula is C17H22N4O5. The predicted molar refractivity (Wildman–Crippen MR) is 95.3 cm³/mol. The highest BCUT2D eigenvalue weighted by molar-refractivity contribution is 5.77. The van der Waals surface area contributed by atoms with Gasteiger partial charge in [0.1, 0.15) is 11.1 Å². The van der Waals surface area contributed by atoms with Crippen molar-refractivity contribution in [2.75, 3.05) is 18.0 Å². The van der Waals surface area contributed by atoms with Gasteiger partial charge < -0.3 is 19.4 Å². The van der Waals surface area contributed by atoms with E-state index in [-0.39, 0.29) is 11.7 Å². The molecule has 1 atom stereocenters. The van der Waals surface area contributed by atoms with Crippen LogP contribution in [0.5, 0.6) is 0 Å². The molecule has 0 saturated carbocycles. The number of piperidine rings is 1. The molecule has 26 heavy (non-hydrogen) atoms. The van der Waals surface area contributed by atoms with Gasteiger partial charge in [-0.1, -0.05) is 0 Å². The summed E-state index contributed by atoms with van der Waals surface area (Å²) in [5.74, 6) is 0. The van der Waals surface area contributed by atoms with Gasteiger partial charge in [-0.15, -0.1) is 0 Å². The van der Waals surface area contributed by atoms with E-state index < -0.39 is 16.6 Å². The molecule has 1 aliphatic heterocycles. The van der Waals surface area contributed by atoms with Crippen molar-refractivity contribution >= 4 is 28.9 Å². The average molecular weight is 362 g/mol. The van der Waals surface area contributed by atoms with Gasteiger partial charge in [-0.3, -0.25) is 10.1 Å². The van der Waals surface area contributed by atoms with Crippen molar-refractivity contribution in [1.82, 2.24) is 10.3 Å². The number of nitro groups is 1. The van der Waals surface area contributed by atoms with E-state index in [1.54, 1.807) is 6.07 Å². The Labute approximate surface area is 150 Å². The van der Waals surface area contributed by atoms with Crippen molar-refractivity contribution in [1.29, 1.82) is 0 Å². The van der Waals surface area contributed by atoms with E-state index in [1.165, 1.54) is 12.1 Å². The van der Waals surface area contributed by atoms with Crippen molar-refractivity contribution in [3.63, 3.8) is 0 Å². The second-order valence-corrected chi connectivity index (χ2v) is 7.34. The lowest BCUT2D eigenvalue weighted by Gasteiger charge is -2.32. The number of aromatic nitrogens is 1. The fourth-order valence-corrected chi connectivity index (χ4v) is 2.90. The van der Waals surface area contributed by atoms with Crippen LogP contribution in [0.4, 0.5) is 16.5 Å². The van der Waals surface area contributed by atoms with Gasteiger partial charge in [0.05, 0.1) is 4.92 Å². The molecule has 1 aliphatic rings. The molecule has 9 nitrogen and oxygen atoms in total. The van der Waals surface area contributed by atoms with Crippen LogP contribution in [0.1, 0.15) is 33.6 Å². The number of hydrogen-bond acceptors (Lipinski definition) is 7. The highest BCUT2D eigenvalue weighted by Crippen LogP contribution is 2.27. The van der Waals surface area contributed by atoms with Crippen LogP contribution in [0.25, 0.3) is 11.1 Å². The third-order valence-electron chi connectivity index (χ3n) is 3.98. The molecule has 0 radical (unpaired) electrons. The number of amides is 1. The number of anilines is 1. The lowest BCUT2D eigenvalue weighted by molar-refractivity contribution is -0.384. The number of carbonyl (C=O) groups is 1. The number of alkyl carbamates (subject to hydrolysis) is 1. The summed E-state index contributed by atoms with van der Waals surface area (Å²) in [4.78, 5) is 28.7. The molecule has 1 aromatic heterocycles. The summed E-state index contributed by atoms with van der Waals surface area (Å²) in [6, 6.07) is 4.65. The van der Waals surface area contributed by atoms with E-state index >= 15 is 0 Å². The smallest absolute Gasteiger partial charge is 0.407 e. The first-order valence-corrected chi connectivity index (χ1v) is 8.51. The summed E-state index contributed by atoms with van der Waals surface area (Å²) in [5.41, 5.74) is 0.359. The van der Waals surface area contributed by atoms with E-state index in [0.29, 0.717) is 23.7 Å². The Kier molecular flexibility index (Phi) is 4.71. The van der Waals surface area contributed by atoms with Gasteiger partial charge in [-0.05, 0) is 39.7 Å². The molecule has 0 spiro atoms. The van der Waals surface area contributed by atoms with Gasteiger partial charge in [-0.2, -0.15) is 4.98 Å². The molecule has 1 amide bonds. The van der Waals surface area contributed by atoms with Gasteiger partial charge >= 0.3 is 6.09 Å². The average Bonchev–Trinajstić information content (AvgIpc) is 2.96. The van der Waals surface area contributed by atoms with Crippen LogP contribution < -0.4 is 10.2 Å². The van der Waals surface area contributed by atoms with E-state index in [0.717, 1.165) is 19.4 Å². The Bertz CT molecular complexity index is 826. The molecule has 1 N–H and O–H groups in total. The second-order valence-electron chi connectivity index (χ2n) is 7.34. The van der Waals surface area contributed by atoms with E-state index in [9.17, 15) is 14.9 Å². The van der Waals surface area contributed by atoms with Crippen LogP contribution >= 0.6 is 0 Å². The second kappa shape index (κ2) is 6.81. The molecule has 2 heterocycles. The number of nitro benzene ring substituents is 1. The fraction of sp³-hybridized carbons (Fsp3) is 0.529. The van der Waals surface area contributed by atoms with Crippen molar-refractivity contribution < 1.29 is 18.9 Å². The molecule has 1 aromatic carbocycles. The van der Waals surface area contributed by atoms with Crippen molar-refractivity contribution in [2.24, 2.45) is 0 Å². The minimum atomic E-state index is -0.548. The largest absolute Gasteiger partial charge is 0.444 e. The van der Waals surface area contributed by atoms with Crippen molar-refractivity contribution in [2.45, 2.75) is 45.3 Å². The Hall–Kier alpha value is -2.84. The molecule has 140 valence electrons. The Morgan fingerprint density at radius 3 is 2.92 bits per heavy atom. The molecule has 0 bridgehead atoms. The van der Waals surface area contributed by atoms with Gasteiger partial charge in [0.15, 0.2) is 5.58 Å². The highest BCUT2D eigenvalue weighted by Gasteiger charge is 2.26. The number of carbonyl (C=O) groups excluding carboxylic acids is 1. The lowest BCUT2D eigenvalue weighted by Crippen LogP contribution is -2.49. The first-order valence-electron chi connectivity index (χ1n) is 8.51. The third kappa shape index (κ3) is 4.22. The van der Waals surface area contributed by atoms with Crippen molar-refractivity contribution in [3.8, 4) is 0 Å². The van der Waals surface area contributed by atoms with Gasteiger partial charge in [0, 0.05) is 31.3 Å². The summed E-state index contributed by atoms with van der Waals surface area (Å²) in [6.45, 7) is 6.72. The molecular weight excluding hydrogens is 340 g/mol. The lowest BCUT2D eigenvalue weighted by atomic mass is 10.1. The van der Waals surface area contributed by atoms with Crippen LogP contribution in [0.3, 0.4) is 0 Å². The standard InChI is InChI=1S/C17H22N4O5/c1-17(2,3)26-16(22)18-11-5-4-8-20(10-11)15-19-13-9-12(21(23)24)6-7-14(13)25-15/h6-7,9,11H,4-5,8,10H2,1-3H3,(H,18,22)/t11-/m1/s1. The number of ether oxygens (including phenoxy) is 1. The summed E-state index contributed by atoms with van der Waals surface area (Å²) < 4.78 is 11.0. The molecule has 9 heteroatoms. The van der Waals surface area contributed by atoms with Crippen molar-refractivity contribution in [3.05, 3.63) is 28.3 Å². The number of fused-ring (bicyclic) bond motifs is 1. The van der Waals surface area contributed by atoms with Crippen LogP contribution in [-0.4, -0.2) is 40.7 Å². The molecule has 2 aromatic rings. The number of hydrogen-bond donors (Lipinski definition) is 1. The van der Waals surface area contributed by atoms with Gasteiger partial charge in [-0.25, -0.2) is 4.79 Å². The van der Waals surface area contributed by atoms with E-state index in [1.807, 2.05) is 25.7 Å². The minimum absolute atomic E-state index is 0.0273. The number of non-ortho nitro benzene ring substituents is 1. The zero-order valence-corrected chi connectivity index (χ0v) is 15.0. The summed E-state index contributed by atoms with van der Waals surface area (Å²) in [5, 5.41) is 13.8. The zero-order chi connectivity index (χ0) is 18.9. The Morgan fingerprint density at radius 2 is 2.23 bits per heavy atom. The monoisotopic (exact) mass is 362 g/mol. The van der Waals surface area contributed by atoms with Gasteiger partial charge in [0.25, 0.3) is 11.7 Å². The van der Waals surface area contributed by atoms with Crippen LogP contribution in [-0.2, 0) is 4.74 Å². The molecule has 0 unspecified atom stereocenters. The summed E-state index contributed by atoms with van der Waals surface area (Å²) in [7, 11) is 0. The molecule has 3 rings (SSSR count). The van der Waals surface area contributed by atoms with E-state index in [2.05, 4.69) is 10.3 Å². The van der Waals surface area contributed by atoms with E-state index in [4.69, 9.17) is 9.15 Å². The van der Waals surface area contributed by atoms with Gasteiger partial charge in [0.2, 0.25) is 0 Å². The summed E-state index contributed by atoms with van der Waals surface area (Å²) >= 11 is 0. The highest BCUT2D eigenvalue weighted by atomic mass is 16.6. The van der Waals surface area contributed by atoms with Crippen LogP contribution in [0, 0.1) is 10.1 Å². The Balaban J connectivity index is 1.70. The first kappa shape index (κ1) is 18.0. The molecule has 1 saturated heterocycles. The maximum absolute atomic E-state index is 12.0. The minimum Gasteiger partial charge on any atom is -0.444 e. The number of rotatable bonds is 3.